The van der Waals surface area contributed by atoms with E-state index in [2.05, 4.69) is 43.0 Å². The highest BCUT2D eigenvalue weighted by atomic mass is 15.4. The summed E-state index contributed by atoms with van der Waals surface area (Å²) < 4.78 is 0. The van der Waals surface area contributed by atoms with Gasteiger partial charge in [-0.25, -0.2) is 0 Å². The number of unbranched alkanes of at least 4 members (excludes halogenated alkanes) is 14. The summed E-state index contributed by atoms with van der Waals surface area (Å²) in [5.41, 5.74) is 0. The van der Waals surface area contributed by atoms with Crippen LogP contribution in [-0.2, 0) is 0 Å². The Morgan fingerprint density at radius 2 is 0.821 bits per heavy atom. The van der Waals surface area contributed by atoms with Crippen molar-refractivity contribution in [2.75, 3.05) is 13.1 Å². The third kappa shape index (κ3) is 12.0. The van der Waals surface area contributed by atoms with E-state index in [1.165, 1.54) is 129 Å². The van der Waals surface area contributed by atoms with Gasteiger partial charge in [0.15, 0.2) is 0 Å². The number of rotatable bonds is 20. The molecular formula is C26H52N2. The molecule has 0 saturated carbocycles. The molecule has 0 aliphatic carbocycles. The fourth-order valence-electron chi connectivity index (χ4n) is 4.42. The predicted molar refractivity (Wildman–Crippen MR) is 126 cm³/mol. The molecule has 166 valence electrons. The summed E-state index contributed by atoms with van der Waals surface area (Å²) in [5, 5.41) is 0. The first-order valence-electron chi connectivity index (χ1n) is 13.0. The van der Waals surface area contributed by atoms with E-state index in [1.807, 2.05) is 0 Å². The molecule has 0 aromatic heterocycles. The first-order chi connectivity index (χ1) is 13.8. The Bertz CT molecular complexity index is 332. The maximum Gasteiger partial charge on any atom is 0.101 e. The van der Waals surface area contributed by atoms with Gasteiger partial charge in [0.25, 0.3) is 0 Å². The number of hydrogen-bond acceptors (Lipinski definition) is 2. The second kappa shape index (κ2) is 18.4. The van der Waals surface area contributed by atoms with Crippen molar-refractivity contribution in [2.24, 2.45) is 0 Å². The lowest BCUT2D eigenvalue weighted by Gasteiger charge is -2.33. The van der Waals surface area contributed by atoms with E-state index in [9.17, 15) is 0 Å². The van der Waals surface area contributed by atoms with E-state index in [0.29, 0.717) is 6.17 Å². The molecule has 0 atom stereocenters. The molecule has 0 saturated heterocycles. The summed E-state index contributed by atoms with van der Waals surface area (Å²) in [5.74, 6) is 0. The first kappa shape index (κ1) is 25.4. The summed E-state index contributed by atoms with van der Waals surface area (Å²) in [6.45, 7) is 9.41. The molecule has 2 nitrogen and oxygen atoms in total. The van der Waals surface area contributed by atoms with Crippen LogP contribution in [0, 0.1) is 0 Å². The van der Waals surface area contributed by atoms with Gasteiger partial charge in [0.1, 0.15) is 6.17 Å². The minimum atomic E-state index is 0.646. The van der Waals surface area contributed by atoms with Gasteiger partial charge in [-0.05, 0) is 25.7 Å². The largest absolute Gasteiger partial charge is 0.356 e. The van der Waals surface area contributed by atoms with E-state index in [0.717, 1.165) is 0 Å². The molecule has 0 unspecified atom stereocenters. The minimum Gasteiger partial charge on any atom is -0.356 e. The summed E-state index contributed by atoms with van der Waals surface area (Å²) >= 11 is 0. The van der Waals surface area contributed by atoms with Gasteiger partial charge in [0.05, 0.1) is 0 Å². The average molecular weight is 393 g/mol. The monoisotopic (exact) mass is 392 g/mol. The molecule has 1 aliphatic heterocycles. The van der Waals surface area contributed by atoms with Crippen LogP contribution in [0.3, 0.4) is 0 Å². The van der Waals surface area contributed by atoms with Crippen LogP contribution in [0.25, 0.3) is 0 Å². The van der Waals surface area contributed by atoms with E-state index >= 15 is 0 Å². The van der Waals surface area contributed by atoms with Gasteiger partial charge in [0, 0.05) is 25.5 Å². The summed E-state index contributed by atoms with van der Waals surface area (Å²) in [6, 6.07) is 0. The van der Waals surface area contributed by atoms with E-state index in [1.54, 1.807) is 0 Å². The molecule has 0 bridgehead atoms. The Morgan fingerprint density at radius 3 is 1.25 bits per heavy atom. The van der Waals surface area contributed by atoms with Crippen LogP contribution in [0.5, 0.6) is 0 Å². The highest BCUT2D eigenvalue weighted by molar-refractivity contribution is 4.96. The predicted octanol–water partition coefficient (Wildman–Crippen LogP) is 8.48. The zero-order valence-electron chi connectivity index (χ0n) is 19.8. The lowest BCUT2D eigenvalue weighted by Crippen LogP contribution is -2.39. The Labute approximate surface area is 178 Å². The molecule has 0 amide bonds. The Balaban J connectivity index is 2.15. The van der Waals surface area contributed by atoms with Gasteiger partial charge >= 0.3 is 0 Å². The molecule has 0 N–H and O–H groups in total. The number of hydrogen-bond donors (Lipinski definition) is 0. The molecule has 28 heavy (non-hydrogen) atoms. The summed E-state index contributed by atoms with van der Waals surface area (Å²) in [6.07, 6.45) is 30.7. The van der Waals surface area contributed by atoms with Crippen LogP contribution in [0.2, 0.25) is 0 Å². The Kier molecular flexibility index (Phi) is 16.7. The molecule has 0 fully saturated rings. The Hall–Kier alpha value is -0.660. The molecule has 0 radical (unpaired) electrons. The summed E-state index contributed by atoms with van der Waals surface area (Å²) in [7, 11) is 0. The van der Waals surface area contributed by atoms with Crippen LogP contribution >= 0.6 is 0 Å². The topological polar surface area (TPSA) is 6.48 Å². The second-order valence-electron chi connectivity index (χ2n) is 8.99. The lowest BCUT2D eigenvalue weighted by molar-refractivity contribution is 0.136. The van der Waals surface area contributed by atoms with Crippen molar-refractivity contribution in [3.63, 3.8) is 0 Å². The lowest BCUT2D eigenvalue weighted by atomic mass is 10.0. The van der Waals surface area contributed by atoms with Gasteiger partial charge in [-0.2, -0.15) is 0 Å². The first-order valence-corrected chi connectivity index (χ1v) is 13.0. The zero-order chi connectivity index (χ0) is 20.3. The zero-order valence-corrected chi connectivity index (χ0v) is 19.8. The van der Waals surface area contributed by atoms with E-state index < -0.39 is 0 Å². The SMILES string of the molecule is CCCCCCCCCCCCCC1N(CCCCC)C=CN1CCCCC. The normalized spacial score (nSPS) is 14.5. The van der Waals surface area contributed by atoms with Crippen LogP contribution in [0.1, 0.15) is 136 Å². The molecule has 1 rings (SSSR count). The van der Waals surface area contributed by atoms with Gasteiger partial charge < -0.3 is 9.80 Å². The number of nitrogens with zero attached hydrogens (tertiary/aromatic N) is 2. The molecule has 0 spiro atoms. The van der Waals surface area contributed by atoms with Crippen molar-refractivity contribution in [1.29, 1.82) is 0 Å². The van der Waals surface area contributed by atoms with E-state index in [-0.39, 0.29) is 0 Å². The van der Waals surface area contributed by atoms with Crippen molar-refractivity contribution >= 4 is 0 Å². The fraction of sp³-hybridized carbons (Fsp3) is 0.923. The molecule has 2 heteroatoms. The second-order valence-corrected chi connectivity index (χ2v) is 8.99. The van der Waals surface area contributed by atoms with Crippen LogP contribution in [0.15, 0.2) is 12.4 Å². The standard InChI is InChI=1S/C26H52N2/c1-4-7-10-11-12-13-14-15-16-17-18-21-26-27(22-19-8-5-2)24-25-28(26)23-20-9-6-3/h24-26H,4-23H2,1-3H3. The van der Waals surface area contributed by atoms with Gasteiger partial charge in [-0.1, -0.05) is 111 Å². The third-order valence-corrected chi connectivity index (χ3v) is 6.32. The van der Waals surface area contributed by atoms with Gasteiger partial charge in [0.2, 0.25) is 0 Å². The maximum atomic E-state index is 2.64. The van der Waals surface area contributed by atoms with Crippen LogP contribution in [0.4, 0.5) is 0 Å². The molecule has 1 heterocycles. The summed E-state index contributed by atoms with van der Waals surface area (Å²) in [4.78, 5) is 5.27. The van der Waals surface area contributed by atoms with Crippen molar-refractivity contribution in [2.45, 2.75) is 143 Å². The van der Waals surface area contributed by atoms with E-state index in [4.69, 9.17) is 0 Å². The van der Waals surface area contributed by atoms with Crippen molar-refractivity contribution in [3.8, 4) is 0 Å². The molecular weight excluding hydrogens is 340 g/mol. The third-order valence-electron chi connectivity index (χ3n) is 6.32. The highest BCUT2D eigenvalue weighted by Gasteiger charge is 2.24. The van der Waals surface area contributed by atoms with Gasteiger partial charge in [-0.15, -0.1) is 0 Å². The Morgan fingerprint density at radius 1 is 0.464 bits per heavy atom. The fourth-order valence-corrected chi connectivity index (χ4v) is 4.42. The van der Waals surface area contributed by atoms with Crippen LogP contribution < -0.4 is 0 Å². The molecule has 1 aliphatic rings. The molecule has 0 aromatic carbocycles. The smallest absolute Gasteiger partial charge is 0.101 e. The van der Waals surface area contributed by atoms with Crippen molar-refractivity contribution in [3.05, 3.63) is 12.4 Å². The van der Waals surface area contributed by atoms with Crippen molar-refractivity contribution < 1.29 is 0 Å². The van der Waals surface area contributed by atoms with Gasteiger partial charge in [-0.3, -0.25) is 0 Å². The van der Waals surface area contributed by atoms with Crippen molar-refractivity contribution in [1.82, 2.24) is 9.80 Å². The maximum absolute atomic E-state index is 2.64. The quantitative estimate of drug-likeness (QED) is 0.192. The molecule has 0 aromatic rings. The highest BCUT2D eigenvalue weighted by Crippen LogP contribution is 2.23. The van der Waals surface area contributed by atoms with Crippen LogP contribution in [-0.4, -0.2) is 29.1 Å². The minimum absolute atomic E-state index is 0.646. The average Bonchev–Trinajstić information content (AvgIpc) is 3.08.